The minimum Gasteiger partial charge on any atom is -0.496 e. The number of carbonyl (C=O) groups excluding carboxylic acids is 2. The van der Waals surface area contributed by atoms with Gasteiger partial charge in [0, 0.05) is 71.4 Å². The summed E-state index contributed by atoms with van der Waals surface area (Å²) in [4.78, 5) is 35.0. The number of methoxy groups -OCH3 is 2. The Bertz CT molecular complexity index is 1950. The summed E-state index contributed by atoms with van der Waals surface area (Å²) in [6, 6.07) is 11.0. The van der Waals surface area contributed by atoms with Crippen LogP contribution in [0, 0.1) is 5.41 Å². The Balaban J connectivity index is 1.17. The molecule has 8 N–H and O–H groups in total. The third-order valence-corrected chi connectivity index (χ3v) is 13.9. The van der Waals surface area contributed by atoms with Crippen molar-refractivity contribution in [2.24, 2.45) is 11.3 Å². The molecule has 1 spiro atoms. The number of aromatic amines is 1. The lowest BCUT2D eigenvalue weighted by Crippen LogP contribution is -2.82. The van der Waals surface area contributed by atoms with E-state index in [-0.39, 0.29) is 6.04 Å². The van der Waals surface area contributed by atoms with Crippen molar-refractivity contribution in [3.8, 4) is 5.75 Å². The number of rotatable bonds is 15. The second-order valence-corrected chi connectivity index (χ2v) is 16.2. The van der Waals surface area contributed by atoms with Gasteiger partial charge in [-0.1, -0.05) is 44.2 Å². The van der Waals surface area contributed by atoms with Crippen molar-refractivity contribution in [2.75, 3.05) is 52.3 Å². The molecule has 1 aromatic heterocycles. The van der Waals surface area contributed by atoms with E-state index in [1.54, 1.807) is 7.11 Å². The fourth-order valence-electron chi connectivity index (χ4n) is 11.1. The quantitative estimate of drug-likeness (QED) is 0.0302. The molecule has 1 aliphatic carbocycles. The zero-order chi connectivity index (χ0) is 39.3. The molecule has 1 saturated heterocycles. The van der Waals surface area contributed by atoms with Crippen LogP contribution >= 0.6 is 0 Å². The van der Waals surface area contributed by atoms with Gasteiger partial charge in [0.25, 0.3) is 5.91 Å². The Morgan fingerprint density at radius 1 is 1.18 bits per heavy atom. The van der Waals surface area contributed by atoms with Gasteiger partial charge in [-0.15, -0.1) is 0 Å². The van der Waals surface area contributed by atoms with Gasteiger partial charge in [0.1, 0.15) is 11.9 Å². The van der Waals surface area contributed by atoms with E-state index >= 15 is 0 Å². The number of hydrogen-bond donors (Lipinski definition) is 7. The predicted octanol–water partition coefficient (Wildman–Crippen LogP) is 2.77. The highest BCUT2D eigenvalue weighted by atomic mass is 16.5. The average Bonchev–Trinajstić information content (AvgIpc) is 3.88. The number of amides is 1. The number of esters is 1. The van der Waals surface area contributed by atoms with Crippen LogP contribution in [-0.2, 0) is 26.2 Å². The fourth-order valence-corrected chi connectivity index (χ4v) is 11.1. The lowest BCUT2D eigenvalue weighted by Gasteiger charge is -2.63. The maximum absolute atomic E-state index is 13.8. The molecular formula is C42H58N6O7. The molecule has 1 unspecified atom stereocenters. The molecule has 0 bridgehead atoms. The van der Waals surface area contributed by atoms with Crippen LogP contribution in [0.3, 0.4) is 0 Å². The predicted molar refractivity (Wildman–Crippen MR) is 211 cm³/mol. The SMILES string of the molecule is CCC(O)(CCC[C@H](C(=O)OC)c1cc2c(cc1OC)N(C)[C@H]1[C@@](O)(C(=O)NN)[C@H](O)[C@]3(CC)C=CCN4CC[C@]21[C@@H]43)CNCCc1c[nH]c2ccccc12. The van der Waals surface area contributed by atoms with Crippen LogP contribution in [0.2, 0.25) is 0 Å². The number of fused-ring (bicyclic) bond motifs is 2. The number of nitrogens with two attached hydrogens (primary N) is 1. The molecule has 4 heterocycles. The molecule has 1 saturated carbocycles. The highest BCUT2D eigenvalue weighted by molar-refractivity contribution is 5.90. The van der Waals surface area contributed by atoms with Gasteiger partial charge in [0.2, 0.25) is 0 Å². The Hall–Kier alpha value is -3.98. The van der Waals surface area contributed by atoms with E-state index in [2.05, 4.69) is 32.8 Å². The van der Waals surface area contributed by atoms with Crippen LogP contribution in [0.1, 0.15) is 75.0 Å². The Labute approximate surface area is 323 Å². The number of para-hydroxylation sites is 1. The molecular weight excluding hydrogens is 700 g/mol. The van der Waals surface area contributed by atoms with Gasteiger partial charge in [-0.25, -0.2) is 5.84 Å². The summed E-state index contributed by atoms with van der Waals surface area (Å²) in [5.74, 6) is 4.25. The fraction of sp³-hybridized carbons (Fsp3) is 0.571. The first kappa shape index (κ1) is 39.3. The van der Waals surface area contributed by atoms with E-state index in [1.165, 1.54) is 18.1 Å². The van der Waals surface area contributed by atoms with Crippen molar-refractivity contribution in [1.29, 1.82) is 0 Å². The van der Waals surface area contributed by atoms with Crippen LogP contribution in [-0.4, -0.2) is 114 Å². The zero-order valence-corrected chi connectivity index (χ0v) is 32.7. The van der Waals surface area contributed by atoms with Gasteiger partial charge in [-0.05, 0) is 81.3 Å². The molecule has 0 radical (unpaired) electrons. The molecule has 2 fully saturated rings. The number of aromatic nitrogens is 1. The molecule has 298 valence electrons. The lowest BCUT2D eigenvalue weighted by molar-refractivity contribution is -0.203. The summed E-state index contributed by atoms with van der Waals surface area (Å²) in [6.07, 6.45) is 8.49. The molecule has 1 amide bonds. The summed E-state index contributed by atoms with van der Waals surface area (Å²) in [7, 11) is 4.77. The minimum atomic E-state index is -2.27. The summed E-state index contributed by atoms with van der Waals surface area (Å²) in [5.41, 5.74) is 1.81. The lowest BCUT2D eigenvalue weighted by atomic mass is 9.47. The number of ether oxygens (including phenoxy) is 2. The number of anilines is 1. The molecule has 8 atom stereocenters. The normalized spacial score (nSPS) is 29.7. The van der Waals surface area contributed by atoms with Crippen molar-refractivity contribution in [3.63, 3.8) is 0 Å². The van der Waals surface area contributed by atoms with Crippen molar-refractivity contribution in [3.05, 3.63) is 71.4 Å². The van der Waals surface area contributed by atoms with E-state index in [0.717, 1.165) is 23.2 Å². The molecule has 3 aliphatic heterocycles. The molecule has 4 aliphatic rings. The topological polar surface area (TPSA) is 186 Å². The number of aliphatic hydroxyl groups is 3. The van der Waals surface area contributed by atoms with E-state index in [9.17, 15) is 24.9 Å². The third kappa shape index (κ3) is 5.88. The molecule has 13 heteroatoms. The first-order valence-corrected chi connectivity index (χ1v) is 19.7. The number of hydrogen-bond acceptors (Lipinski definition) is 11. The summed E-state index contributed by atoms with van der Waals surface area (Å²) in [6.45, 7) is 6.47. The second-order valence-electron chi connectivity index (χ2n) is 16.2. The number of likely N-dealkylation sites (N-methyl/N-ethyl adjacent to an activating group) is 1. The van der Waals surface area contributed by atoms with Gasteiger partial charge in [-0.3, -0.25) is 19.9 Å². The van der Waals surface area contributed by atoms with E-state index < -0.39 is 52.0 Å². The first-order valence-electron chi connectivity index (χ1n) is 19.7. The summed E-state index contributed by atoms with van der Waals surface area (Å²) in [5, 5.41) is 41.1. The minimum absolute atomic E-state index is 0.245. The number of carbonyl (C=O) groups is 2. The van der Waals surface area contributed by atoms with Crippen molar-refractivity contribution in [2.45, 2.75) is 99.5 Å². The molecule has 2 aromatic carbocycles. The van der Waals surface area contributed by atoms with Gasteiger partial charge >= 0.3 is 5.97 Å². The standard InChI is InChI=1S/C42H58N6O7/c1-6-39(52,25-44-19-15-26-24-45-31-14-9-8-12-27(26)31)16-10-13-28(34(49)55-5)29-22-30-32(23-33(29)54-4)47(3)36-41(30)18-21-48-20-11-17-40(7-2,35(41)48)37(50)42(36,53)38(51)46-43/h8-9,11-12,14,17,22-24,28,35-37,44-45,50,52-53H,6-7,10,13,15-16,18-21,25,43H2,1-5H3,(H,46,51)/t28-,35-,36+,37+,39?,40+,41+,42-/m0/s1. The highest BCUT2D eigenvalue weighted by Gasteiger charge is 2.78. The van der Waals surface area contributed by atoms with Gasteiger partial charge < -0.3 is 40.0 Å². The number of hydrazine groups is 1. The van der Waals surface area contributed by atoms with Crippen LogP contribution in [0.25, 0.3) is 10.9 Å². The van der Waals surface area contributed by atoms with Crippen molar-refractivity contribution < 1.29 is 34.4 Å². The molecule has 13 nitrogen and oxygen atoms in total. The maximum atomic E-state index is 13.8. The number of aliphatic hydroxyl groups excluding tert-OH is 1. The summed E-state index contributed by atoms with van der Waals surface area (Å²) < 4.78 is 11.4. The number of nitrogens with one attached hydrogen (secondary N) is 3. The Kier molecular flexibility index (Phi) is 10.6. The Morgan fingerprint density at radius 3 is 2.67 bits per heavy atom. The maximum Gasteiger partial charge on any atom is 0.313 e. The Morgan fingerprint density at radius 2 is 1.96 bits per heavy atom. The van der Waals surface area contributed by atoms with E-state index in [4.69, 9.17) is 15.3 Å². The molecule has 3 aromatic rings. The van der Waals surface area contributed by atoms with Crippen molar-refractivity contribution >= 4 is 28.5 Å². The molecule has 7 rings (SSSR count). The van der Waals surface area contributed by atoms with Crippen LogP contribution in [0.4, 0.5) is 5.69 Å². The van der Waals surface area contributed by atoms with E-state index in [0.29, 0.717) is 76.0 Å². The van der Waals surface area contributed by atoms with Gasteiger partial charge in [0.05, 0.1) is 31.8 Å². The van der Waals surface area contributed by atoms with E-state index in [1.807, 2.05) is 68.4 Å². The number of H-pyrrole nitrogens is 1. The molecule has 55 heavy (non-hydrogen) atoms. The van der Waals surface area contributed by atoms with Crippen LogP contribution in [0.5, 0.6) is 5.75 Å². The second kappa shape index (κ2) is 14.8. The zero-order valence-electron chi connectivity index (χ0n) is 32.7. The monoisotopic (exact) mass is 758 g/mol. The van der Waals surface area contributed by atoms with Crippen molar-refractivity contribution in [1.82, 2.24) is 20.6 Å². The largest absolute Gasteiger partial charge is 0.496 e. The highest BCUT2D eigenvalue weighted by Crippen LogP contribution is 2.67. The van der Waals surface area contributed by atoms with Gasteiger partial charge in [0.15, 0.2) is 5.60 Å². The third-order valence-electron chi connectivity index (χ3n) is 13.9. The van der Waals surface area contributed by atoms with Gasteiger partial charge in [-0.2, -0.15) is 0 Å². The van der Waals surface area contributed by atoms with Crippen LogP contribution < -0.4 is 26.2 Å². The first-order chi connectivity index (χ1) is 26.4. The summed E-state index contributed by atoms with van der Waals surface area (Å²) >= 11 is 0. The number of benzene rings is 2. The smallest absolute Gasteiger partial charge is 0.313 e. The van der Waals surface area contributed by atoms with Crippen LogP contribution in [0.15, 0.2) is 54.7 Å². The number of nitrogens with zero attached hydrogens (tertiary/aromatic N) is 2. The average molecular weight is 759 g/mol.